The van der Waals surface area contributed by atoms with Crippen LogP contribution in [0.5, 0.6) is 0 Å². The van der Waals surface area contributed by atoms with Crippen molar-refractivity contribution in [1.29, 1.82) is 0 Å². The van der Waals surface area contributed by atoms with E-state index in [4.69, 9.17) is 38.7 Å². The number of hydrogen-bond acceptors (Lipinski definition) is 8. The summed E-state index contributed by atoms with van der Waals surface area (Å²) >= 11 is 0. The van der Waals surface area contributed by atoms with Crippen LogP contribution in [0.1, 0.15) is 0 Å². The molecule has 84 heavy (non-hydrogen) atoms. The van der Waals surface area contributed by atoms with Gasteiger partial charge in [-0.1, -0.05) is 249 Å². The molecule has 0 radical (unpaired) electrons. The van der Waals surface area contributed by atoms with Crippen molar-refractivity contribution < 1.29 is 8.83 Å². The molecule has 0 atom stereocenters. The van der Waals surface area contributed by atoms with Crippen LogP contribution in [0.15, 0.2) is 288 Å². The number of fused-ring (bicyclic) bond motifs is 10. The summed E-state index contributed by atoms with van der Waals surface area (Å²) in [5, 5.41) is 13.3. The zero-order valence-electron chi connectivity index (χ0n) is 45.1. The standard InChI is InChI=1S/C41H25N3O.C35H21N3O/c1-3-13-26(14-4-1)39-42-40(27-15-5-2-6-16-27)44-41(43-39)33-23-12-20-30-31(33)21-11-22-32(30)37-29-18-8-7-17-28(29)25-36-38(37)34-19-9-10-24-35(34)45-36;1-2-11-23(12-3-1)33-36-34(26-19-18-22-10-4-5-13-24(22)20-26)38-35(37-33)32-27-15-7-6-14-25(27)21-30-31(32)28-16-8-9-17-29(28)39-30/h1-25H;1-21H. The molecule has 0 amide bonds. The van der Waals surface area contributed by atoms with E-state index in [1.165, 1.54) is 16.3 Å². The van der Waals surface area contributed by atoms with Gasteiger partial charge in [-0.15, -0.1) is 0 Å². The van der Waals surface area contributed by atoms with Gasteiger partial charge in [0.05, 0.1) is 0 Å². The SMILES string of the molecule is c1ccc(-c2nc(-c3ccc4ccccc4c3)nc(-c3c4ccccc4cc4oc5ccccc5c34)n2)cc1.c1ccc(-c2nc(-c3ccccc3)nc(-c3cccc4c(-c5c6ccccc6cc6oc7ccccc7c56)cccc34)n2)cc1. The lowest BCUT2D eigenvalue weighted by atomic mass is 9.89. The van der Waals surface area contributed by atoms with Crippen molar-refractivity contribution >= 4 is 87.0 Å². The summed E-state index contributed by atoms with van der Waals surface area (Å²) in [6.07, 6.45) is 0. The third-order valence-electron chi connectivity index (χ3n) is 15.8. The maximum absolute atomic E-state index is 6.41. The summed E-state index contributed by atoms with van der Waals surface area (Å²) in [5.41, 5.74) is 11.4. The molecule has 392 valence electrons. The van der Waals surface area contributed by atoms with E-state index in [2.05, 4.69) is 152 Å². The molecule has 0 fully saturated rings. The fraction of sp³-hybridized carbons (Fsp3) is 0. The van der Waals surface area contributed by atoms with Crippen LogP contribution in [0, 0.1) is 0 Å². The molecule has 4 aromatic heterocycles. The van der Waals surface area contributed by atoms with Crippen LogP contribution in [-0.4, -0.2) is 29.9 Å². The van der Waals surface area contributed by atoms with Gasteiger partial charge in [-0.3, -0.25) is 0 Å². The van der Waals surface area contributed by atoms with Crippen LogP contribution in [0.4, 0.5) is 0 Å². The van der Waals surface area contributed by atoms with Gasteiger partial charge in [0.25, 0.3) is 0 Å². The highest BCUT2D eigenvalue weighted by Crippen LogP contribution is 2.46. The Morgan fingerprint density at radius 1 is 0.202 bits per heavy atom. The van der Waals surface area contributed by atoms with Gasteiger partial charge in [-0.25, -0.2) is 29.9 Å². The van der Waals surface area contributed by atoms with E-state index in [0.29, 0.717) is 34.9 Å². The Bertz CT molecular complexity index is 5330. The van der Waals surface area contributed by atoms with Gasteiger partial charge in [0.2, 0.25) is 0 Å². The van der Waals surface area contributed by atoms with Crippen LogP contribution < -0.4 is 0 Å². The van der Waals surface area contributed by atoms with Crippen LogP contribution in [0.25, 0.3) is 166 Å². The highest BCUT2D eigenvalue weighted by molar-refractivity contribution is 6.24. The molecule has 0 bridgehead atoms. The minimum absolute atomic E-state index is 0.625. The van der Waals surface area contributed by atoms with Crippen molar-refractivity contribution in [2.45, 2.75) is 0 Å². The molecule has 0 spiro atoms. The molecule has 17 rings (SSSR count). The average Bonchev–Trinajstić information content (AvgIpc) is 2.57. The predicted octanol–water partition coefficient (Wildman–Crippen LogP) is 19.8. The Morgan fingerprint density at radius 2 is 0.583 bits per heavy atom. The number of benzene rings is 13. The summed E-state index contributed by atoms with van der Waals surface area (Å²) in [6, 6.07) is 95.5. The molecule has 8 nitrogen and oxygen atoms in total. The van der Waals surface area contributed by atoms with Gasteiger partial charge >= 0.3 is 0 Å². The third kappa shape index (κ3) is 8.48. The number of hydrogen-bond donors (Lipinski definition) is 0. The van der Waals surface area contributed by atoms with Crippen molar-refractivity contribution in [3.63, 3.8) is 0 Å². The summed E-state index contributed by atoms with van der Waals surface area (Å²) in [7, 11) is 0. The fourth-order valence-corrected chi connectivity index (χ4v) is 11.9. The van der Waals surface area contributed by atoms with Crippen LogP contribution in [-0.2, 0) is 0 Å². The topological polar surface area (TPSA) is 104 Å². The summed E-state index contributed by atoms with van der Waals surface area (Å²) < 4.78 is 12.7. The number of furan rings is 2. The molecule has 0 saturated carbocycles. The molecule has 13 aromatic carbocycles. The second-order valence-corrected chi connectivity index (χ2v) is 20.9. The van der Waals surface area contributed by atoms with Gasteiger partial charge in [0, 0.05) is 60.5 Å². The first-order chi connectivity index (χ1) is 41.6. The molecule has 0 aliphatic rings. The molecule has 4 heterocycles. The zero-order chi connectivity index (χ0) is 55.5. The molecule has 8 heteroatoms. The van der Waals surface area contributed by atoms with Crippen LogP contribution in [0.2, 0.25) is 0 Å². The minimum Gasteiger partial charge on any atom is -0.456 e. The molecular formula is C76H46N6O2. The van der Waals surface area contributed by atoms with E-state index in [1.807, 2.05) is 127 Å². The highest BCUT2D eigenvalue weighted by atomic mass is 16.3. The summed E-state index contributed by atoms with van der Waals surface area (Å²) in [4.78, 5) is 30.2. The average molecular weight is 1080 g/mol. The Labute approximate surface area is 481 Å². The Hall–Kier alpha value is -11.5. The Balaban J connectivity index is 0.000000139. The second kappa shape index (κ2) is 20.3. The minimum atomic E-state index is 0.625. The molecule has 0 aliphatic heterocycles. The van der Waals surface area contributed by atoms with Gasteiger partial charge in [0.1, 0.15) is 22.3 Å². The quantitative estimate of drug-likeness (QED) is 0.155. The normalized spacial score (nSPS) is 11.6. The van der Waals surface area contributed by atoms with Crippen molar-refractivity contribution in [2.24, 2.45) is 0 Å². The lowest BCUT2D eigenvalue weighted by Crippen LogP contribution is -2.01. The van der Waals surface area contributed by atoms with Crippen LogP contribution >= 0.6 is 0 Å². The lowest BCUT2D eigenvalue weighted by molar-refractivity contribution is 0.669. The summed E-state index contributed by atoms with van der Waals surface area (Å²) in [5.74, 6) is 3.83. The van der Waals surface area contributed by atoms with E-state index in [9.17, 15) is 0 Å². The Morgan fingerprint density at radius 3 is 1.13 bits per heavy atom. The largest absolute Gasteiger partial charge is 0.456 e. The van der Waals surface area contributed by atoms with Crippen molar-refractivity contribution in [3.8, 4) is 79.5 Å². The molecule has 17 aromatic rings. The van der Waals surface area contributed by atoms with Crippen molar-refractivity contribution in [3.05, 3.63) is 279 Å². The second-order valence-electron chi connectivity index (χ2n) is 20.9. The summed E-state index contributed by atoms with van der Waals surface area (Å²) in [6.45, 7) is 0. The fourth-order valence-electron chi connectivity index (χ4n) is 11.9. The first kappa shape index (κ1) is 48.4. The van der Waals surface area contributed by atoms with E-state index in [1.54, 1.807) is 0 Å². The number of aromatic nitrogens is 6. The van der Waals surface area contributed by atoms with E-state index in [0.717, 1.165) is 115 Å². The first-order valence-electron chi connectivity index (χ1n) is 28.0. The van der Waals surface area contributed by atoms with Crippen molar-refractivity contribution in [2.75, 3.05) is 0 Å². The number of nitrogens with zero attached hydrogens (tertiary/aromatic N) is 6. The monoisotopic (exact) mass is 1070 g/mol. The highest BCUT2D eigenvalue weighted by Gasteiger charge is 2.23. The third-order valence-corrected chi connectivity index (χ3v) is 15.8. The van der Waals surface area contributed by atoms with Crippen molar-refractivity contribution in [1.82, 2.24) is 29.9 Å². The molecular weight excluding hydrogens is 1030 g/mol. The maximum Gasteiger partial charge on any atom is 0.165 e. The number of rotatable bonds is 7. The van der Waals surface area contributed by atoms with Crippen LogP contribution in [0.3, 0.4) is 0 Å². The molecule has 0 N–H and O–H groups in total. The van der Waals surface area contributed by atoms with Gasteiger partial charge < -0.3 is 8.83 Å². The van der Waals surface area contributed by atoms with Gasteiger partial charge in [-0.05, 0) is 79.0 Å². The zero-order valence-corrected chi connectivity index (χ0v) is 45.1. The van der Waals surface area contributed by atoms with E-state index >= 15 is 0 Å². The molecule has 0 unspecified atom stereocenters. The lowest BCUT2D eigenvalue weighted by Gasteiger charge is -2.15. The van der Waals surface area contributed by atoms with E-state index in [-0.39, 0.29) is 0 Å². The van der Waals surface area contributed by atoms with Gasteiger partial charge in [0.15, 0.2) is 34.9 Å². The first-order valence-corrected chi connectivity index (χ1v) is 28.0. The maximum atomic E-state index is 6.41. The Kier molecular flexibility index (Phi) is 11.7. The number of para-hydroxylation sites is 2. The smallest absolute Gasteiger partial charge is 0.165 e. The van der Waals surface area contributed by atoms with Gasteiger partial charge in [-0.2, -0.15) is 0 Å². The molecule has 0 saturated heterocycles. The van der Waals surface area contributed by atoms with E-state index < -0.39 is 0 Å². The molecule has 0 aliphatic carbocycles. The predicted molar refractivity (Wildman–Crippen MR) is 342 cm³/mol.